The molecule has 0 saturated carbocycles. The maximum Gasteiger partial charge on any atom is 0.123 e. The van der Waals surface area contributed by atoms with E-state index in [4.69, 9.17) is 11.6 Å². The number of halogens is 2. The van der Waals surface area contributed by atoms with E-state index in [-0.39, 0.29) is 11.2 Å². The first-order valence-corrected chi connectivity index (χ1v) is 9.53. The van der Waals surface area contributed by atoms with Crippen molar-refractivity contribution in [2.75, 3.05) is 31.2 Å². The van der Waals surface area contributed by atoms with Crippen LogP contribution >= 0.6 is 11.6 Å². The van der Waals surface area contributed by atoms with Crippen LogP contribution in [0.5, 0.6) is 0 Å². The minimum atomic E-state index is -0.255. The van der Waals surface area contributed by atoms with Crippen molar-refractivity contribution >= 4 is 23.4 Å². The minimum absolute atomic E-state index is 0.179. The van der Waals surface area contributed by atoms with E-state index in [2.05, 4.69) is 22.3 Å². The zero-order valence-electron chi connectivity index (χ0n) is 14.9. The number of nitrogens with zero attached hydrogens (tertiary/aromatic N) is 3. The molecule has 0 bridgehead atoms. The minimum Gasteiger partial charge on any atom is -0.300 e. The van der Waals surface area contributed by atoms with Crippen LogP contribution in [0.1, 0.15) is 24.0 Å². The lowest BCUT2D eigenvalue weighted by Gasteiger charge is -2.39. The third kappa shape index (κ3) is 3.62. The number of hydrogen-bond acceptors (Lipinski definition) is 3. The Balaban J connectivity index is 1.41. The van der Waals surface area contributed by atoms with Gasteiger partial charge in [-0.05, 0) is 67.4 Å². The first-order chi connectivity index (χ1) is 13.1. The van der Waals surface area contributed by atoms with Crippen LogP contribution in [0.25, 0.3) is 6.08 Å². The van der Waals surface area contributed by atoms with Gasteiger partial charge in [0.15, 0.2) is 0 Å². The number of benzene rings is 2. The van der Waals surface area contributed by atoms with Crippen LogP contribution in [-0.4, -0.2) is 31.1 Å². The first-order valence-electron chi connectivity index (χ1n) is 9.15. The molecule has 1 saturated heterocycles. The number of piperidine rings is 1. The van der Waals surface area contributed by atoms with Crippen LogP contribution in [0.15, 0.2) is 53.8 Å². The molecule has 140 valence electrons. The molecular weight excluding hydrogens is 365 g/mol. The van der Waals surface area contributed by atoms with E-state index >= 15 is 0 Å². The van der Waals surface area contributed by atoms with E-state index in [0.717, 1.165) is 54.3 Å². The maximum atomic E-state index is 13.8. The summed E-state index contributed by atoms with van der Waals surface area (Å²) in [5, 5.41) is 5.36. The number of likely N-dealkylation sites (tertiary alicyclic amines) is 1. The summed E-state index contributed by atoms with van der Waals surface area (Å²) in [6.45, 7) is 3.23. The van der Waals surface area contributed by atoms with Crippen molar-refractivity contribution in [3.05, 3.63) is 75.4 Å². The highest BCUT2D eigenvalue weighted by Gasteiger charge is 2.45. The van der Waals surface area contributed by atoms with Gasteiger partial charge in [-0.1, -0.05) is 35.9 Å². The van der Waals surface area contributed by atoms with Crippen LogP contribution in [0.2, 0.25) is 5.02 Å². The summed E-state index contributed by atoms with van der Waals surface area (Å²) < 4.78 is 13.8. The van der Waals surface area contributed by atoms with Gasteiger partial charge in [0.2, 0.25) is 0 Å². The van der Waals surface area contributed by atoms with Gasteiger partial charge in [-0.3, -0.25) is 4.90 Å². The molecule has 1 fully saturated rings. The Morgan fingerprint density at radius 2 is 1.89 bits per heavy atom. The van der Waals surface area contributed by atoms with Gasteiger partial charge >= 0.3 is 0 Å². The van der Waals surface area contributed by atoms with Gasteiger partial charge in [-0.2, -0.15) is 0 Å². The van der Waals surface area contributed by atoms with E-state index < -0.39 is 0 Å². The lowest BCUT2D eigenvalue weighted by atomic mass is 9.74. The molecular formula is C21H21ClFN3O. The molecule has 0 atom stereocenters. The van der Waals surface area contributed by atoms with E-state index in [0.29, 0.717) is 6.54 Å². The molecule has 0 radical (unpaired) electrons. The number of nitroso groups, excluding NO2 is 1. The second-order valence-electron chi connectivity index (χ2n) is 7.34. The summed E-state index contributed by atoms with van der Waals surface area (Å²) in [4.78, 5) is 13.6. The van der Waals surface area contributed by atoms with Crippen molar-refractivity contribution in [3.63, 3.8) is 0 Å². The molecule has 2 aromatic carbocycles. The van der Waals surface area contributed by atoms with E-state index in [1.807, 2.05) is 24.3 Å². The Bertz CT molecular complexity index is 860. The zero-order valence-corrected chi connectivity index (χ0v) is 15.7. The molecule has 2 aliphatic rings. The third-order valence-electron chi connectivity index (χ3n) is 5.72. The SMILES string of the molecule is O=NN1CC2(CCN(CC=Cc3ccc(Cl)cc3)CC2)c2cc(F)ccc21. The predicted octanol–water partition coefficient (Wildman–Crippen LogP) is 5.03. The van der Waals surface area contributed by atoms with Crippen molar-refractivity contribution in [1.29, 1.82) is 0 Å². The average Bonchev–Trinajstić information content (AvgIpc) is 2.98. The number of rotatable bonds is 4. The lowest BCUT2D eigenvalue weighted by molar-refractivity contribution is 0.180. The van der Waals surface area contributed by atoms with Crippen molar-refractivity contribution in [2.45, 2.75) is 18.3 Å². The van der Waals surface area contributed by atoms with Gasteiger partial charge < -0.3 is 0 Å². The predicted molar refractivity (Wildman–Crippen MR) is 107 cm³/mol. The quantitative estimate of drug-likeness (QED) is 0.692. The van der Waals surface area contributed by atoms with E-state index in [1.54, 1.807) is 12.1 Å². The van der Waals surface area contributed by atoms with Crippen molar-refractivity contribution in [2.24, 2.45) is 5.29 Å². The Kier molecular flexibility index (Phi) is 4.98. The molecule has 0 aromatic heterocycles. The Morgan fingerprint density at radius 1 is 1.15 bits per heavy atom. The van der Waals surface area contributed by atoms with Gasteiger partial charge in [0.25, 0.3) is 0 Å². The van der Waals surface area contributed by atoms with Crippen LogP contribution in [-0.2, 0) is 5.41 Å². The zero-order chi connectivity index (χ0) is 18.9. The molecule has 2 heterocycles. The van der Waals surface area contributed by atoms with Gasteiger partial charge in [-0.25, -0.2) is 9.40 Å². The normalized spacial score (nSPS) is 19.0. The summed E-state index contributed by atoms with van der Waals surface area (Å²) in [5.41, 5.74) is 2.63. The van der Waals surface area contributed by atoms with E-state index in [9.17, 15) is 9.30 Å². The van der Waals surface area contributed by atoms with Gasteiger partial charge in [0.1, 0.15) is 5.82 Å². The molecule has 2 aromatic rings. The van der Waals surface area contributed by atoms with Crippen molar-refractivity contribution < 1.29 is 4.39 Å². The Labute approximate surface area is 163 Å². The Hall–Kier alpha value is -2.24. The molecule has 4 rings (SSSR count). The lowest BCUT2D eigenvalue weighted by Crippen LogP contribution is -2.44. The van der Waals surface area contributed by atoms with Crippen molar-refractivity contribution in [1.82, 2.24) is 4.90 Å². The monoisotopic (exact) mass is 385 g/mol. The molecule has 0 aliphatic carbocycles. The second kappa shape index (κ2) is 7.41. The smallest absolute Gasteiger partial charge is 0.123 e. The van der Waals surface area contributed by atoms with Crippen LogP contribution in [0.3, 0.4) is 0 Å². The van der Waals surface area contributed by atoms with E-state index in [1.165, 1.54) is 11.1 Å². The molecule has 0 amide bonds. The summed E-state index contributed by atoms with van der Waals surface area (Å²) in [7, 11) is 0. The van der Waals surface area contributed by atoms with Crippen molar-refractivity contribution in [3.8, 4) is 0 Å². The average molecular weight is 386 g/mol. The highest BCUT2D eigenvalue weighted by Crippen LogP contribution is 2.47. The first kappa shape index (κ1) is 18.1. The molecule has 6 heteroatoms. The standard InChI is InChI=1S/C21H21ClFN3O/c22-17-5-3-16(4-6-17)2-1-11-25-12-9-21(10-13-25)15-26(24-27)20-8-7-18(23)14-19(20)21/h1-8,14H,9-13,15H2. The second-order valence-corrected chi connectivity index (χ2v) is 7.77. The van der Waals surface area contributed by atoms with Gasteiger partial charge in [0, 0.05) is 17.0 Å². The fraction of sp³-hybridized carbons (Fsp3) is 0.333. The van der Waals surface area contributed by atoms with Crippen LogP contribution in [0.4, 0.5) is 10.1 Å². The van der Waals surface area contributed by atoms with Crippen LogP contribution < -0.4 is 5.01 Å². The fourth-order valence-electron chi connectivity index (χ4n) is 4.19. The third-order valence-corrected chi connectivity index (χ3v) is 5.97. The Morgan fingerprint density at radius 3 is 2.59 bits per heavy atom. The maximum absolute atomic E-state index is 13.8. The fourth-order valence-corrected chi connectivity index (χ4v) is 4.32. The van der Waals surface area contributed by atoms with Gasteiger partial charge in [-0.15, -0.1) is 4.91 Å². The summed E-state index contributed by atoms with van der Waals surface area (Å²) in [6, 6.07) is 12.4. The summed E-state index contributed by atoms with van der Waals surface area (Å²) >= 11 is 5.91. The number of fused-ring (bicyclic) bond motifs is 2. The van der Waals surface area contributed by atoms with Gasteiger partial charge in [0.05, 0.1) is 17.5 Å². The number of anilines is 1. The molecule has 1 spiro atoms. The topological polar surface area (TPSA) is 35.9 Å². The summed E-state index contributed by atoms with van der Waals surface area (Å²) in [5.74, 6) is -0.255. The molecule has 4 nitrogen and oxygen atoms in total. The molecule has 0 unspecified atom stereocenters. The molecule has 0 N–H and O–H groups in total. The highest BCUT2D eigenvalue weighted by atomic mass is 35.5. The molecule has 2 aliphatic heterocycles. The number of hydrogen-bond donors (Lipinski definition) is 0. The van der Waals surface area contributed by atoms with Crippen LogP contribution in [0, 0.1) is 10.7 Å². The highest BCUT2D eigenvalue weighted by molar-refractivity contribution is 6.30. The summed E-state index contributed by atoms with van der Waals surface area (Å²) in [6.07, 6.45) is 6.04. The largest absolute Gasteiger partial charge is 0.300 e. The molecule has 27 heavy (non-hydrogen) atoms.